The van der Waals surface area contributed by atoms with Crippen molar-refractivity contribution < 1.29 is 0 Å². The fraction of sp³-hybridized carbons (Fsp3) is 0.688. The third kappa shape index (κ3) is 6.69. The Labute approximate surface area is 118 Å². The van der Waals surface area contributed by atoms with E-state index in [-0.39, 0.29) is 0 Å². The van der Waals surface area contributed by atoms with Crippen LogP contribution < -0.4 is 5.32 Å². The average molecular weight is 263 g/mol. The van der Waals surface area contributed by atoms with Crippen LogP contribution in [0.15, 0.2) is 18.2 Å². The summed E-state index contributed by atoms with van der Waals surface area (Å²) >= 11 is 0. The van der Waals surface area contributed by atoms with E-state index >= 15 is 0 Å². The van der Waals surface area contributed by atoms with Crippen LogP contribution >= 0.6 is 0 Å². The molecule has 0 amide bonds. The van der Waals surface area contributed by atoms with Gasteiger partial charge in [0.2, 0.25) is 0 Å². The van der Waals surface area contributed by atoms with Crippen LogP contribution in [0.4, 0.5) is 0 Å². The van der Waals surface area contributed by atoms with Crippen LogP contribution in [0.2, 0.25) is 0 Å². The molecule has 0 saturated carbocycles. The highest BCUT2D eigenvalue weighted by Crippen LogP contribution is 2.06. The normalized spacial score (nSPS) is 12.9. The van der Waals surface area contributed by atoms with Gasteiger partial charge in [-0.1, -0.05) is 19.9 Å². The van der Waals surface area contributed by atoms with Gasteiger partial charge in [0.15, 0.2) is 0 Å². The second kappa shape index (κ2) is 9.05. The lowest BCUT2D eigenvalue weighted by atomic mass is 10.1. The quantitative estimate of drug-likeness (QED) is 0.742. The molecule has 19 heavy (non-hydrogen) atoms. The molecule has 0 aliphatic rings. The van der Waals surface area contributed by atoms with Crippen molar-refractivity contribution in [3.8, 4) is 0 Å². The summed E-state index contributed by atoms with van der Waals surface area (Å²) in [5.41, 5.74) is 2.29. The van der Waals surface area contributed by atoms with Gasteiger partial charge < -0.3 is 5.32 Å². The minimum Gasteiger partial charge on any atom is -0.315 e. The van der Waals surface area contributed by atoms with Gasteiger partial charge in [-0.15, -0.1) is 0 Å². The minimum atomic E-state index is 0.626. The zero-order chi connectivity index (χ0) is 14.1. The maximum atomic E-state index is 4.58. The third-order valence-electron chi connectivity index (χ3n) is 3.44. The van der Waals surface area contributed by atoms with Crippen molar-refractivity contribution in [3.05, 3.63) is 29.6 Å². The highest BCUT2D eigenvalue weighted by Gasteiger charge is 2.06. The van der Waals surface area contributed by atoms with Gasteiger partial charge in [0.25, 0.3) is 0 Å². The summed E-state index contributed by atoms with van der Waals surface area (Å²) in [5.74, 6) is 0. The van der Waals surface area contributed by atoms with Gasteiger partial charge in [0.05, 0.1) is 5.69 Å². The molecule has 108 valence electrons. The number of hydrogen-bond acceptors (Lipinski definition) is 3. The molecule has 1 aromatic rings. The van der Waals surface area contributed by atoms with E-state index < -0.39 is 0 Å². The summed E-state index contributed by atoms with van der Waals surface area (Å²) in [6.45, 7) is 13.0. The SMILES string of the molecule is CCNC(C)CCCN(CC)Cc1cccc(C)n1. The summed E-state index contributed by atoms with van der Waals surface area (Å²) in [5, 5.41) is 3.46. The Bertz CT molecular complexity index is 352. The summed E-state index contributed by atoms with van der Waals surface area (Å²) in [4.78, 5) is 7.05. The zero-order valence-electron chi connectivity index (χ0n) is 12.9. The van der Waals surface area contributed by atoms with Crippen LogP contribution in [0.3, 0.4) is 0 Å². The summed E-state index contributed by atoms with van der Waals surface area (Å²) in [6.07, 6.45) is 2.49. The summed E-state index contributed by atoms with van der Waals surface area (Å²) in [7, 11) is 0. The lowest BCUT2D eigenvalue weighted by Crippen LogP contribution is -2.29. The zero-order valence-corrected chi connectivity index (χ0v) is 12.9. The molecule has 1 unspecified atom stereocenters. The molecule has 1 atom stereocenters. The van der Waals surface area contributed by atoms with Gasteiger partial charge >= 0.3 is 0 Å². The lowest BCUT2D eigenvalue weighted by molar-refractivity contribution is 0.266. The molecule has 1 heterocycles. The summed E-state index contributed by atoms with van der Waals surface area (Å²) in [6, 6.07) is 6.90. The second-order valence-electron chi connectivity index (χ2n) is 5.24. The molecule has 0 saturated heterocycles. The van der Waals surface area contributed by atoms with Gasteiger partial charge in [-0.05, 0) is 58.5 Å². The first-order valence-electron chi connectivity index (χ1n) is 7.54. The van der Waals surface area contributed by atoms with E-state index in [1.807, 2.05) is 0 Å². The van der Waals surface area contributed by atoms with Gasteiger partial charge in [0.1, 0.15) is 0 Å². The molecule has 0 aliphatic carbocycles. The van der Waals surface area contributed by atoms with Crippen LogP contribution in [0.5, 0.6) is 0 Å². The lowest BCUT2D eigenvalue weighted by Gasteiger charge is -2.21. The van der Waals surface area contributed by atoms with Crippen molar-refractivity contribution in [3.63, 3.8) is 0 Å². The predicted octanol–water partition coefficient (Wildman–Crippen LogP) is 2.99. The molecule has 3 nitrogen and oxygen atoms in total. The predicted molar refractivity (Wildman–Crippen MR) is 82.3 cm³/mol. The maximum absolute atomic E-state index is 4.58. The second-order valence-corrected chi connectivity index (χ2v) is 5.24. The molecule has 0 radical (unpaired) electrons. The molecular weight excluding hydrogens is 234 g/mol. The highest BCUT2D eigenvalue weighted by atomic mass is 15.1. The van der Waals surface area contributed by atoms with Crippen molar-refractivity contribution >= 4 is 0 Å². The molecule has 0 aliphatic heterocycles. The Kier molecular flexibility index (Phi) is 7.68. The molecule has 3 heteroatoms. The Hall–Kier alpha value is -0.930. The molecule has 1 N–H and O–H groups in total. The van der Waals surface area contributed by atoms with Crippen LogP contribution in [-0.4, -0.2) is 35.6 Å². The first-order chi connectivity index (χ1) is 9.15. The van der Waals surface area contributed by atoms with Crippen molar-refractivity contribution in [1.29, 1.82) is 0 Å². The van der Waals surface area contributed by atoms with E-state index in [9.17, 15) is 0 Å². The minimum absolute atomic E-state index is 0.626. The van der Waals surface area contributed by atoms with Crippen LogP contribution in [0.1, 0.15) is 45.0 Å². The maximum Gasteiger partial charge on any atom is 0.0547 e. The van der Waals surface area contributed by atoms with Gasteiger partial charge in [-0.3, -0.25) is 9.88 Å². The molecule has 1 rings (SSSR count). The third-order valence-corrected chi connectivity index (χ3v) is 3.44. The van der Waals surface area contributed by atoms with Crippen LogP contribution in [0, 0.1) is 6.92 Å². The number of aromatic nitrogens is 1. The molecule has 0 aromatic carbocycles. The topological polar surface area (TPSA) is 28.2 Å². The number of pyridine rings is 1. The van der Waals surface area contributed by atoms with E-state index in [4.69, 9.17) is 0 Å². The van der Waals surface area contributed by atoms with Gasteiger partial charge in [-0.25, -0.2) is 0 Å². The fourth-order valence-corrected chi connectivity index (χ4v) is 2.34. The first kappa shape index (κ1) is 16.1. The van der Waals surface area contributed by atoms with E-state index in [2.05, 4.69) is 61.1 Å². The van der Waals surface area contributed by atoms with E-state index in [1.54, 1.807) is 0 Å². The largest absolute Gasteiger partial charge is 0.315 e. The van der Waals surface area contributed by atoms with E-state index in [0.717, 1.165) is 31.9 Å². The number of aryl methyl sites for hydroxylation is 1. The van der Waals surface area contributed by atoms with Crippen molar-refractivity contribution in [2.24, 2.45) is 0 Å². The van der Waals surface area contributed by atoms with E-state index in [0.29, 0.717) is 6.04 Å². The van der Waals surface area contributed by atoms with Crippen molar-refractivity contribution in [2.45, 2.75) is 53.1 Å². The number of rotatable bonds is 9. The molecule has 0 fully saturated rings. The molecule has 0 bridgehead atoms. The van der Waals surface area contributed by atoms with Crippen molar-refractivity contribution in [1.82, 2.24) is 15.2 Å². The van der Waals surface area contributed by atoms with E-state index in [1.165, 1.54) is 18.5 Å². The Balaban J connectivity index is 2.33. The van der Waals surface area contributed by atoms with Crippen LogP contribution in [0.25, 0.3) is 0 Å². The average Bonchev–Trinajstić information content (AvgIpc) is 2.38. The molecule has 0 spiro atoms. The molecular formula is C16H29N3. The summed E-state index contributed by atoms with van der Waals surface area (Å²) < 4.78 is 0. The van der Waals surface area contributed by atoms with Gasteiger partial charge in [0, 0.05) is 18.3 Å². The first-order valence-corrected chi connectivity index (χ1v) is 7.54. The monoisotopic (exact) mass is 263 g/mol. The number of nitrogens with zero attached hydrogens (tertiary/aromatic N) is 2. The standard InChI is InChI=1S/C16H29N3/c1-5-17-14(3)10-8-12-19(6-2)13-16-11-7-9-15(4)18-16/h7,9,11,14,17H,5-6,8,10,12-13H2,1-4H3. The van der Waals surface area contributed by atoms with Gasteiger partial charge in [-0.2, -0.15) is 0 Å². The molecule has 1 aromatic heterocycles. The van der Waals surface area contributed by atoms with Crippen LogP contribution in [-0.2, 0) is 6.54 Å². The number of nitrogens with one attached hydrogen (secondary N) is 1. The highest BCUT2D eigenvalue weighted by molar-refractivity contribution is 5.09. The Morgan fingerprint density at radius 3 is 2.74 bits per heavy atom. The Morgan fingerprint density at radius 1 is 1.32 bits per heavy atom. The van der Waals surface area contributed by atoms with Crippen molar-refractivity contribution in [2.75, 3.05) is 19.6 Å². The smallest absolute Gasteiger partial charge is 0.0547 e. The Morgan fingerprint density at radius 2 is 2.11 bits per heavy atom. The number of hydrogen-bond donors (Lipinski definition) is 1. The fourth-order valence-electron chi connectivity index (χ4n) is 2.34.